The highest BCUT2D eigenvalue weighted by molar-refractivity contribution is 9.10. The first-order valence-electron chi connectivity index (χ1n) is 11.8. The number of amides is 1. The van der Waals surface area contributed by atoms with Crippen LogP contribution in [0.4, 0.5) is 13.6 Å². The number of rotatable bonds is 5. The van der Waals surface area contributed by atoms with Gasteiger partial charge >= 0.3 is 6.03 Å². The molecule has 11 heteroatoms. The smallest absolute Gasteiger partial charge is 0.326 e. The summed E-state index contributed by atoms with van der Waals surface area (Å²) in [5, 5.41) is 13.6. The normalized spacial score (nSPS) is 13.2. The summed E-state index contributed by atoms with van der Waals surface area (Å²) < 4.78 is 29.8. The Hall–Kier alpha value is -3.29. The topological polar surface area (TPSA) is 74.0 Å². The molecule has 3 heterocycles. The second-order valence-corrected chi connectivity index (χ2v) is 10.1. The maximum atomic E-state index is 14.2. The van der Waals surface area contributed by atoms with Crippen LogP contribution in [0, 0.1) is 23.0 Å². The van der Waals surface area contributed by atoms with Crippen LogP contribution in [-0.2, 0) is 19.5 Å². The van der Waals surface area contributed by atoms with Gasteiger partial charge in [0.15, 0.2) is 11.6 Å². The van der Waals surface area contributed by atoms with Gasteiger partial charge in [-0.2, -0.15) is 5.26 Å². The third kappa shape index (κ3) is 5.99. The minimum absolute atomic E-state index is 0. The minimum Gasteiger partial charge on any atom is -0.333 e. The van der Waals surface area contributed by atoms with E-state index in [9.17, 15) is 18.8 Å². The van der Waals surface area contributed by atoms with Crippen LogP contribution < -0.4 is 5.32 Å². The molecule has 4 aromatic rings. The molecule has 1 N–H and O–H groups in total. The van der Waals surface area contributed by atoms with Crippen molar-refractivity contribution in [3.63, 3.8) is 0 Å². The molecule has 2 aromatic carbocycles. The minimum atomic E-state index is -0.916. The van der Waals surface area contributed by atoms with Gasteiger partial charge in [0.25, 0.3) is 0 Å². The lowest BCUT2D eigenvalue weighted by Crippen LogP contribution is -2.34. The lowest BCUT2D eigenvalue weighted by molar-refractivity contribution is 0.240. The molecule has 0 aliphatic carbocycles. The van der Waals surface area contributed by atoms with Crippen LogP contribution in [0.15, 0.2) is 59.2 Å². The lowest BCUT2D eigenvalue weighted by atomic mass is 10.0. The summed E-state index contributed by atoms with van der Waals surface area (Å²) in [7, 11) is 0. The number of pyridine rings is 1. The molecular formula is C28H22BrCl2F2N5O. The van der Waals surface area contributed by atoms with Gasteiger partial charge in [-0.25, -0.2) is 18.6 Å². The van der Waals surface area contributed by atoms with Crippen molar-refractivity contribution in [1.82, 2.24) is 19.8 Å². The molecule has 6 nitrogen and oxygen atoms in total. The van der Waals surface area contributed by atoms with E-state index >= 15 is 0 Å². The van der Waals surface area contributed by atoms with Crippen molar-refractivity contribution in [2.45, 2.75) is 19.5 Å². The molecule has 0 saturated heterocycles. The van der Waals surface area contributed by atoms with Crippen LogP contribution in [0.25, 0.3) is 17.0 Å². The number of nitriles is 1. The summed E-state index contributed by atoms with van der Waals surface area (Å²) in [5.41, 5.74) is 4.10. The molecular weight excluding hydrogens is 611 g/mol. The molecule has 1 aliphatic heterocycles. The van der Waals surface area contributed by atoms with Gasteiger partial charge in [0.2, 0.25) is 0 Å². The quantitative estimate of drug-likeness (QED) is 0.193. The first-order valence-corrected chi connectivity index (χ1v) is 13.0. The molecule has 0 unspecified atom stereocenters. The van der Waals surface area contributed by atoms with Gasteiger partial charge in [0.1, 0.15) is 5.15 Å². The molecule has 1 amide bonds. The fourth-order valence-corrected chi connectivity index (χ4v) is 5.18. The van der Waals surface area contributed by atoms with E-state index in [0.29, 0.717) is 36.8 Å². The van der Waals surface area contributed by atoms with Crippen LogP contribution in [-0.4, -0.2) is 33.6 Å². The van der Waals surface area contributed by atoms with E-state index in [-0.39, 0.29) is 35.0 Å². The summed E-state index contributed by atoms with van der Waals surface area (Å²) in [4.78, 5) is 19.5. The molecule has 5 rings (SSSR count). The average molecular weight is 633 g/mol. The number of nitrogens with zero attached hydrogens (tertiary/aromatic N) is 4. The summed E-state index contributed by atoms with van der Waals surface area (Å²) in [6, 6.07) is 13.7. The number of carbonyl (C=O) groups is 1. The summed E-state index contributed by atoms with van der Waals surface area (Å²) in [6.07, 6.45) is 5.56. The van der Waals surface area contributed by atoms with Crippen LogP contribution in [0.3, 0.4) is 0 Å². The largest absolute Gasteiger partial charge is 0.333 e. The van der Waals surface area contributed by atoms with Crippen molar-refractivity contribution < 1.29 is 13.6 Å². The summed E-state index contributed by atoms with van der Waals surface area (Å²) in [5.74, 6) is -1.81. The van der Waals surface area contributed by atoms with Crippen molar-refractivity contribution in [2.24, 2.45) is 0 Å². The third-order valence-electron chi connectivity index (χ3n) is 6.52. The lowest BCUT2D eigenvalue weighted by Gasteiger charge is -2.27. The first kappa shape index (κ1) is 28.7. The predicted molar refractivity (Wildman–Crippen MR) is 153 cm³/mol. The fraction of sp³-hybridized carbons (Fsp3) is 0.179. The van der Waals surface area contributed by atoms with Gasteiger partial charge in [0.05, 0.1) is 21.6 Å². The molecule has 200 valence electrons. The number of fused-ring (bicyclic) bond motifs is 3. The van der Waals surface area contributed by atoms with Crippen molar-refractivity contribution in [3.8, 4) is 6.07 Å². The Balaban J connectivity index is 0.00000353. The Morgan fingerprint density at radius 3 is 2.79 bits per heavy atom. The summed E-state index contributed by atoms with van der Waals surface area (Å²) >= 11 is 8.95. The molecule has 0 bridgehead atoms. The number of aromatic nitrogens is 2. The molecule has 0 saturated carbocycles. The van der Waals surface area contributed by atoms with E-state index in [1.807, 2.05) is 0 Å². The maximum absolute atomic E-state index is 14.2. The number of carbonyl (C=O) groups excluding carboxylic acids is 1. The van der Waals surface area contributed by atoms with Crippen molar-refractivity contribution >= 4 is 62.9 Å². The Labute approximate surface area is 243 Å². The van der Waals surface area contributed by atoms with E-state index in [4.69, 9.17) is 11.6 Å². The molecule has 39 heavy (non-hydrogen) atoms. The highest BCUT2D eigenvalue weighted by Crippen LogP contribution is 2.32. The van der Waals surface area contributed by atoms with E-state index in [0.717, 1.165) is 27.7 Å². The number of nitrogens with one attached hydrogen (secondary N) is 1. The zero-order chi connectivity index (χ0) is 26.8. The van der Waals surface area contributed by atoms with Gasteiger partial charge < -0.3 is 5.32 Å². The van der Waals surface area contributed by atoms with E-state index in [1.54, 1.807) is 53.2 Å². The number of hydrogen-bond donors (Lipinski definition) is 1. The SMILES string of the molecule is Cl.N#Cc1ccc2c(c1)c1c(n2C(=O)NCc2ccnc(Cl)c2)CCN(C/C=C/c2ccc(Br)c(F)c2F)C1. The Bertz CT molecular complexity index is 1630. The molecule has 0 spiro atoms. The van der Waals surface area contributed by atoms with Crippen molar-refractivity contribution in [1.29, 1.82) is 5.26 Å². The fourth-order valence-electron chi connectivity index (χ4n) is 4.68. The Morgan fingerprint density at radius 2 is 2.03 bits per heavy atom. The van der Waals surface area contributed by atoms with Gasteiger partial charge in [-0.05, 0) is 63.5 Å². The number of hydrogen-bond acceptors (Lipinski definition) is 4. The predicted octanol–water partition coefficient (Wildman–Crippen LogP) is 6.85. The van der Waals surface area contributed by atoms with Gasteiger partial charge in [0, 0.05) is 55.4 Å². The Morgan fingerprint density at radius 1 is 1.21 bits per heavy atom. The summed E-state index contributed by atoms with van der Waals surface area (Å²) in [6.45, 7) is 2.01. The number of halogens is 5. The molecule has 0 atom stereocenters. The molecule has 2 aromatic heterocycles. The van der Waals surface area contributed by atoms with Gasteiger partial charge in [-0.3, -0.25) is 9.47 Å². The van der Waals surface area contributed by atoms with Gasteiger partial charge in [-0.1, -0.05) is 29.8 Å². The van der Waals surface area contributed by atoms with E-state index < -0.39 is 11.6 Å². The molecule has 1 aliphatic rings. The monoisotopic (exact) mass is 631 g/mol. The zero-order valence-electron chi connectivity index (χ0n) is 20.4. The molecule has 0 radical (unpaired) electrons. The zero-order valence-corrected chi connectivity index (χ0v) is 23.6. The second-order valence-electron chi connectivity index (χ2n) is 8.90. The number of benzene rings is 2. The third-order valence-corrected chi connectivity index (χ3v) is 7.34. The second kappa shape index (κ2) is 12.3. The highest BCUT2D eigenvalue weighted by atomic mass is 79.9. The molecule has 0 fully saturated rings. The van der Waals surface area contributed by atoms with Crippen molar-refractivity contribution in [2.75, 3.05) is 13.1 Å². The first-order chi connectivity index (χ1) is 18.4. The van der Waals surface area contributed by atoms with E-state index in [2.05, 4.69) is 37.2 Å². The maximum Gasteiger partial charge on any atom is 0.326 e. The van der Waals surface area contributed by atoms with Crippen LogP contribution >= 0.6 is 39.9 Å². The van der Waals surface area contributed by atoms with Crippen LogP contribution in [0.5, 0.6) is 0 Å². The van der Waals surface area contributed by atoms with E-state index in [1.165, 1.54) is 12.1 Å². The van der Waals surface area contributed by atoms with Gasteiger partial charge in [-0.15, -0.1) is 12.4 Å². The standard InChI is InChI=1S/C28H21BrClF2N5O.ClH/c29-22-5-4-19(26(31)27(22)32)2-1-10-36-11-8-24-21(16-36)20-12-17(14-33)3-6-23(20)37(24)28(38)35-15-18-7-9-34-25(30)13-18;/h1-7,9,12-13H,8,10-11,15-16H2,(H,35,38);1H/b2-1+;. The Kier molecular flexibility index (Phi) is 9.03. The van der Waals surface area contributed by atoms with Crippen LogP contribution in [0.1, 0.15) is 27.9 Å². The average Bonchev–Trinajstić information content (AvgIpc) is 3.24. The van der Waals surface area contributed by atoms with Crippen molar-refractivity contribution in [3.05, 3.63) is 104 Å². The highest BCUT2D eigenvalue weighted by Gasteiger charge is 2.26. The van der Waals surface area contributed by atoms with Crippen LogP contribution in [0.2, 0.25) is 5.15 Å².